The Balaban J connectivity index is 1.74. The number of hydrogen-bond acceptors (Lipinski definition) is 3. The molecule has 0 radical (unpaired) electrons. The van der Waals surface area contributed by atoms with Crippen LogP contribution in [0.2, 0.25) is 0 Å². The van der Waals surface area contributed by atoms with E-state index in [-0.39, 0.29) is 28.8 Å². The third-order valence-electron chi connectivity index (χ3n) is 9.21. The first kappa shape index (κ1) is 15.2. The number of hydrogen-bond donors (Lipinski definition) is 3. The number of rotatable bonds is 2. The normalized spacial score (nSPS) is 60.6. The molecule has 2 bridgehead atoms. The Morgan fingerprint density at radius 3 is 2.52 bits per heavy atom. The predicted molar refractivity (Wildman–Crippen MR) is 89.8 cm³/mol. The van der Waals surface area contributed by atoms with Crippen LogP contribution in [0.5, 0.6) is 0 Å². The monoisotopic (exact) mass is 323 g/mol. The molecule has 4 aliphatic carbocycles. The lowest BCUT2D eigenvalue weighted by Crippen LogP contribution is -2.60. The minimum Gasteiger partial charge on any atom is -0.396 e. The molecule has 0 heterocycles. The summed E-state index contributed by atoms with van der Waals surface area (Å²) in [6.45, 7) is 3.48. The molecule has 0 aromatic rings. The Morgan fingerprint density at radius 1 is 1.04 bits per heavy atom. The van der Waals surface area contributed by atoms with Crippen molar-refractivity contribution < 1.29 is 16.7 Å². The van der Waals surface area contributed by atoms with Crippen LogP contribution in [-0.4, -0.2) is 34.1 Å². The van der Waals surface area contributed by atoms with Gasteiger partial charge < -0.3 is 15.3 Å². The van der Waals surface area contributed by atoms with Crippen LogP contribution in [0.3, 0.4) is 0 Å². The maximum atomic E-state index is 10.9. The van der Waals surface area contributed by atoms with Gasteiger partial charge in [0.05, 0.1) is 13.6 Å². The Morgan fingerprint density at radius 2 is 1.83 bits per heavy atom. The lowest BCUT2D eigenvalue weighted by atomic mass is 9.39. The summed E-state index contributed by atoms with van der Waals surface area (Å²) in [5.74, 6) is 1.28. The average molecular weight is 323 g/mol. The molecule has 0 saturated heterocycles. The highest BCUT2D eigenvalue weighted by molar-refractivity contribution is 5.18. The van der Waals surface area contributed by atoms with Gasteiger partial charge in [-0.2, -0.15) is 0 Å². The third kappa shape index (κ3) is 1.88. The van der Waals surface area contributed by atoms with Gasteiger partial charge in [-0.15, -0.1) is 0 Å². The molecular formula is C20H34O3. The predicted octanol–water partition coefficient (Wildman–Crippen LogP) is 3.12. The second-order valence-electron chi connectivity index (χ2n) is 9.79. The first-order chi connectivity index (χ1) is 11.2. The third-order valence-corrected chi connectivity index (χ3v) is 9.21. The van der Waals surface area contributed by atoms with E-state index in [9.17, 15) is 15.3 Å². The molecule has 3 N–H and O–H groups in total. The molecular weight excluding hydrogens is 288 g/mol. The van der Waals surface area contributed by atoms with Crippen molar-refractivity contribution in [3.8, 4) is 0 Å². The van der Waals surface area contributed by atoms with Crippen molar-refractivity contribution in [1.29, 1.82) is 0 Å². The zero-order valence-corrected chi connectivity index (χ0v) is 14.7. The topological polar surface area (TPSA) is 60.7 Å². The molecule has 23 heavy (non-hydrogen) atoms. The van der Waals surface area contributed by atoms with Gasteiger partial charge in [-0.05, 0) is 85.4 Å². The van der Waals surface area contributed by atoms with Crippen molar-refractivity contribution >= 4 is 0 Å². The van der Waals surface area contributed by atoms with E-state index < -0.39 is 12.2 Å². The van der Waals surface area contributed by atoms with Gasteiger partial charge in [0.15, 0.2) is 0 Å². The van der Waals surface area contributed by atoms with Crippen LogP contribution in [0.1, 0.15) is 73.0 Å². The summed E-state index contributed by atoms with van der Waals surface area (Å²) < 4.78 is 8.12. The van der Waals surface area contributed by atoms with Crippen molar-refractivity contribution in [3.63, 3.8) is 0 Å². The van der Waals surface area contributed by atoms with E-state index in [1.807, 2.05) is 0 Å². The van der Waals surface area contributed by atoms with Crippen LogP contribution >= 0.6 is 0 Å². The summed E-state index contributed by atoms with van der Waals surface area (Å²) in [6, 6.07) is 0. The number of aliphatic hydroxyl groups is 3. The quantitative estimate of drug-likeness (QED) is 0.732. The van der Waals surface area contributed by atoms with Crippen LogP contribution in [0.4, 0.5) is 0 Å². The highest BCUT2D eigenvalue weighted by atomic mass is 16.3. The van der Waals surface area contributed by atoms with Crippen LogP contribution < -0.4 is 0 Å². The van der Waals surface area contributed by atoms with E-state index in [0.717, 1.165) is 38.5 Å². The van der Waals surface area contributed by atoms with E-state index in [0.29, 0.717) is 18.3 Å². The van der Waals surface area contributed by atoms with E-state index in [1.54, 1.807) is 0 Å². The summed E-state index contributed by atoms with van der Waals surface area (Å²) in [5, 5.41) is 30.9. The van der Waals surface area contributed by atoms with E-state index in [4.69, 9.17) is 1.37 Å². The first-order valence-corrected chi connectivity index (χ1v) is 9.65. The van der Waals surface area contributed by atoms with Gasteiger partial charge in [0, 0.05) is 6.58 Å². The Labute approximate surface area is 141 Å². The SMILES string of the molecule is [2H]C(O)[C@]1(C)CCC[C@@]2(C)[C@H]1CC[C@H]1C[C@@H]3C[C@@]12CC[C@]3(O)CO. The van der Waals surface area contributed by atoms with Gasteiger partial charge >= 0.3 is 0 Å². The molecule has 0 aliphatic heterocycles. The molecule has 4 rings (SSSR count). The van der Waals surface area contributed by atoms with Crippen LogP contribution in [0.25, 0.3) is 0 Å². The molecule has 0 amide bonds. The molecule has 8 atom stereocenters. The van der Waals surface area contributed by atoms with Crippen molar-refractivity contribution in [2.24, 2.45) is 34.0 Å². The van der Waals surface area contributed by atoms with Gasteiger partial charge in [-0.3, -0.25) is 0 Å². The molecule has 0 aromatic carbocycles. The van der Waals surface area contributed by atoms with Crippen LogP contribution in [0.15, 0.2) is 0 Å². The van der Waals surface area contributed by atoms with Crippen molar-refractivity contribution in [2.45, 2.75) is 77.2 Å². The van der Waals surface area contributed by atoms with Crippen molar-refractivity contribution in [3.05, 3.63) is 0 Å². The maximum absolute atomic E-state index is 10.9. The molecule has 3 nitrogen and oxygen atoms in total. The average Bonchev–Trinajstić information content (AvgIpc) is 2.89. The standard InChI is InChI=1S/C20H34O3/c1-17(12-21)6-3-7-18(2)16(17)5-4-14-10-15-11-19(14,18)8-9-20(15,23)13-22/h14-16,21-23H,3-13H2,1-2H3/t14-,15+,16-,17-,18-,19-,20-/m0/s1/i12D/t12?,14-,15+,16-,17-,18-,19-,20-. The van der Waals surface area contributed by atoms with Crippen LogP contribution in [-0.2, 0) is 0 Å². The lowest BCUT2D eigenvalue weighted by Gasteiger charge is -2.65. The molecule has 4 saturated carbocycles. The highest BCUT2D eigenvalue weighted by Gasteiger charge is 2.69. The molecule has 1 unspecified atom stereocenters. The van der Waals surface area contributed by atoms with Gasteiger partial charge in [0.25, 0.3) is 0 Å². The summed E-state index contributed by atoms with van der Waals surface area (Å²) in [6.07, 6.45) is 9.34. The van der Waals surface area contributed by atoms with E-state index >= 15 is 0 Å². The van der Waals surface area contributed by atoms with E-state index in [2.05, 4.69) is 13.8 Å². The molecule has 132 valence electrons. The number of fused-ring (bicyclic) bond motifs is 2. The molecule has 0 aromatic heterocycles. The summed E-state index contributed by atoms with van der Waals surface area (Å²) >= 11 is 0. The smallest absolute Gasteiger partial charge is 0.0905 e. The van der Waals surface area contributed by atoms with Crippen LogP contribution in [0, 0.1) is 34.0 Å². The van der Waals surface area contributed by atoms with E-state index in [1.165, 1.54) is 12.8 Å². The second kappa shape index (κ2) is 4.95. The van der Waals surface area contributed by atoms with Gasteiger partial charge in [0.2, 0.25) is 0 Å². The van der Waals surface area contributed by atoms with Gasteiger partial charge in [-0.25, -0.2) is 0 Å². The maximum Gasteiger partial charge on any atom is 0.0905 e. The fraction of sp³-hybridized carbons (Fsp3) is 1.00. The fourth-order valence-corrected chi connectivity index (χ4v) is 7.88. The summed E-state index contributed by atoms with van der Waals surface area (Å²) in [5.41, 5.74) is -0.758. The Hall–Kier alpha value is -0.120. The minimum absolute atomic E-state index is 0.107. The minimum atomic E-state index is -0.995. The Kier molecular flexibility index (Phi) is 3.27. The molecule has 1 spiro atoms. The van der Waals surface area contributed by atoms with Gasteiger partial charge in [-0.1, -0.05) is 20.3 Å². The largest absolute Gasteiger partial charge is 0.396 e. The highest BCUT2D eigenvalue weighted by Crippen LogP contribution is 2.75. The molecule has 4 aliphatic rings. The van der Waals surface area contributed by atoms with Gasteiger partial charge in [0.1, 0.15) is 0 Å². The summed E-state index contributed by atoms with van der Waals surface area (Å²) in [7, 11) is 0. The zero-order valence-electron chi connectivity index (χ0n) is 15.7. The molecule has 3 heteroatoms. The second-order valence-corrected chi connectivity index (χ2v) is 9.79. The fourth-order valence-electron chi connectivity index (χ4n) is 7.88. The first-order valence-electron chi connectivity index (χ1n) is 10.2. The lowest BCUT2D eigenvalue weighted by molar-refractivity contribution is -0.187. The Bertz CT molecular complexity index is 525. The number of aliphatic hydroxyl groups excluding tert-OH is 2. The summed E-state index contributed by atoms with van der Waals surface area (Å²) in [4.78, 5) is 0. The van der Waals surface area contributed by atoms with Crippen molar-refractivity contribution in [2.75, 3.05) is 13.2 Å². The zero-order chi connectivity index (χ0) is 17.4. The van der Waals surface area contributed by atoms with Crippen molar-refractivity contribution in [1.82, 2.24) is 0 Å². The molecule has 4 fully saturated rings.